The van der Waals surface area contributed by atoms with Gasteiger partial charge in [-0.3, -0.25) is 4.90 Å². The molecular formula is C12H21NO4S. The van der Waals surface area contributed by atoms with Crippen LogP contribution in [0.2, 0.25) is 0 Å². The fraction of sp³-hybridized carbons (Fsp3) is 0.833. The first-order valence-corrected chi connectivity index (χ1v) is 6.41. The Balaban J connectivity index is 2.94. The van der Waals surface area contributed by atoms with Crippen molar-refractivity contribution in [3.8, 4) is 0 Å². The van der Waals surface area contributed by atoms with Gasteiger partial charge in [-0.15, -0.1) is 0 Å². The highest BCUT2D eigenvalue weighted by Crippen LogP contribution is 2.35. The van der Waals surface area contributed by atoms with Crippen molar-refractivity contribution in [3.05, 3.63) is 0 Å². The van der Waals surface area contributed by atoms with Crippen LogP contribution in [0.5, 0.6) is 0 Å². The van der Waals surface area contributed by atoms with Crippen molar-refractivity contribution in [2.75, 3.05) is 13.7 Å². The Hall–Kier alpha value is -0.910. The van der Waals surface area contributed by atoms with Gasteiger partial charge in [0.2, 0.25) is 0 Å². The minimum atomic E-state index is -1.07. The van der Waals surface area contributed by atoms with Crippen LogP contribution in [-0.2, 0) is 14.3 Å². The monoisotopic (exact) mass is 275 g/mol. The summed E-state index contributed by atoms with van der Waals surface area (Å²) < 4.78 is 10.1. The molecule has 104 valence electrons. The maximum Gasteiger partial charge on any atom is 0.411 e. The van der Waals surface area contributed by atoms with Crippen LogP contribution >= 0.6 is 12.6 Å². The third kappa shape index (κ3) is 2.74. The van der Waals surface area contributed by atoms with Gasteiger partial charge in [-0.2, -0.15) is 12.6 Å². The molecule has 18 heavy (non-hydrogen) atoms. The van der Waals surface area contributed by atoms with Gasteiger partial charge in [0, 0.05) is 11.8 Å². The number of ether oxygens (including phenoxy) is 2. The molecule has 6 heteroatoms. The number of nitrogens with zero attached hydrogens (tertiary/aromatic N) is 1. The lowest BCUT2D eigenvalue weighted by atomic mass is 9.99. The number of methoxy groups -OCH3 is 1. The molecule has 0 aromatic heterocycles. The van der Waals surface area contributed by atoms with Crippen LogP contribution in [0.25, 0.3) is 0 Å². The van der Waals surface area contributed by atoms with E-state index in [0.717, 1.165) is 0 Å². The number of amides is 1. The summed E-state index contributed by atoms with van der Waals surface area (Å²) in [7, 11) is 1.31. The van der Waals surface area contributed by atoms with Crippen LogP contribution < -0.4 is 0 Å². The molecule has 1 aliphatic rings. The van der Waals surface area contributed by atoms with Crippen molar-refractivity contribution in [2.45, 2.75) is 50.5 Å². The van der Waals surface area contributed by atoms with Crippen molar-refractivity contribution < 1.29 is 19.1 Å². The van der Waals surface area contributed by atoms with E-state index in [4.69, 9.17) is 9.47 Å². The van der Waals surface area contributed by atoms with Crippen molar-refractivity contribution >= 4 is 24.7 Å². The molecule has 0 N–H and O–H groups in total. The Morgan fingerprint density at radius 3 is 2.39 bits per heavy atom. The number of hydrogen-bond donors (Lipinski definition) is 1. The lowest BCUT2D eigenvalue weighted by Gasteiger charge is -2.35. The third-order valence-corrected chi connectivity index (χ3v) is 3.81. The zero-order valence-electron chi connectivity index (χ0n) is 11.5. The normalized spacial score (nSPS) is 28.1. The second kappa shape index (κ2) is 4.99. The fourth-order valence-electron chi connectivity index (χ4n) is 2.00. The van der Waals surface area contributed by atoms with Crippen molar-refractivity contribution in [3.63, 3.8) is 0 Å². The van der Waals surface area contributed by atoms with Gasteiger partial charge in [-0.05, 0) is 34.1 Å². The Morgan fingerprint density at radius 1 is 1.39 bits per heavy atom. The molecule has 1 rings (SSSR count). The number of esters is 1. The number of carbonyl (C=O) groups is 2. The third-order valence-electron chi connectivity index (χ3n) is 3.05. The van der Waals surface area contributed by atoms with Crippen molar-refractivity contribution in [1.29, 1.82) is 0 Å². The summed E-state index contributed by atoms with van der Waals surface area (Å²) in [4.78, 5) is 25.4. The fourth-order valence-corrected chi connectivity index (χ4v) is 2.36. The van der Waals surface area contributed by atoms with E-state index in [0.29, 0.717) is 13.0 Å². The van der Waals surface area contributed by atoms with Crippen LogP contribution in [0.3, 0.4) is 0 Å². The molecule has 0 aromatic rings. The SMILES string of the molecule is COC(=O)[C@]1(C)C(S)CCN1C(=O)OC(C)(C)C. The molecule has 1 fully saturated rings. The molecule has 1 heterocycles. The molecule has 1 aliphatic heterocycles. The van der Waals surface area contributed by atoms with E-state index in [1.165, 1.54) is 12.0 Å². The van der Waals surface area contributed by atoms with Gasteiger partial charge >= 0.3 is 12.1 Å². The Bertz CT molecular complexity index is 352. The number of likely N-dealkylation sites (tertiary alicyclic amines) is 1. The molecule has 1 amide bonds. The summed E-state index contributed by atoms with van der Waals surface area (Å²) in [6.45, 7) is 7.46. The molecule has 0 bridgehead atoms. The minimum Gasteiger partial charge on any atom is -0.467 e. The van der Waals surface area contributed by atoms with Crippen LogP contribution in [0.4, 0.5) is 4.79 Å². The summed E-state index contributed by atoms with van der Waals surface area (Å²) in [5.74, 6) is -0.467. The maximum absolute atomic E-state index is 12.1. The van der Waals surface area contributed by atoms with Crippen molar-refractivity contribution in [2.24, 2.45) is 0 Å². The molecule has 2 atom stereocenters. The number of hydrogen-bond acceptors (Lipinski definition) is 5. The average Bonchev–Trinajstić information content (AvgIpc) is 2.53. The van der Waals surface area contributed by atoms with Gasteiger partial charge in [0.05, 0.1) is 7.11 Å². The van der Waals surface area contributed by atoms with E-state index >= 15 is 0 Å². The summed E-state index contributed by atoms with van der Waals surface area (Å²) in [5, 5.41) is -0.252. The molecule has 0 saturated carbocycles. The Morgan fingerprint density at radius 2 is 1.94 bits per heavy atom. The molecule has 1 saturated heterocycles. The second-order valence-electron chi connectivity index (χ2n) is 5.58. The van der Waals surface area contributed by atoms with Crippen LogP contribution in [0, 0.1) is 0 Å². The Kier molecular flexibility index (Phi) is 4.20. The van der Waals surface area contributed by atoms with Gasteiger partial charge in [0.1, 0.15) is 5.60 Å². The lowest BCUT2D eigenvalue weighted by molar-refractivity contribution is -0.151. The molecule has 0 spiro atoms. The zero-order valence-corrected chi connectivity index (χ0v) is 12.4. The zero-order chi connectivity index (χ0) is 14.1. The van der Waals surface area contributed by atoms with Gasteiger partial charge in [-0.25, -0.2) is 9.59 Å². The van der Waals surface area contributed by atoms with Crippen LogP contribution in [-0.4, -0.2) is 47.0 Å². The molecule has 0 radical (unpaired) electrons. The van der Waals surface area contributed by atoms with Gasteiger partial charge < -0.3 is 9.47 Å². The van der Waals surface area contributed by atoms with E-state index in [1.54, 1.807) is 27.7 Å². The topological polar surface area (TPSA) is 55.8 Å². The highest BCUT2D eigenvalue weighted by Gasteiger charge is 2.53. The van der Waals surface area contributed by atoms with E-state index in [1.807, 2.05) is 0 Å². The molecule has 1 unspecified atom stereocenters. The van der Waals surface area contributed by atoms with Gasteiger partial charge in [-0.1, -0.05) is 0 Å². The molecule has 5 nitrogen and oxygen atoms in total. The summed E-state index contributed by atoms with van der Waals surface area (Å²) in [6, 6.07) is 0. The van der Waals surface area contributed by atoms with E-state index < -0.39 is 23.2 Å². The lowest BCUT2D eigenvalue weighted by Crippen LogP contribution is -2.56. The summed E-state index contributed by atoms with van der Waals surface area (Å²) >= 11 is 4.38. The van der Waals surface area contributed by atoms with E-state index in [2.05, 4.69) is 12.6 Å². The first-order valence-electron chi connectivity index (χ1n) is 5.90. The van der Waals surface area contributed by atoms with Crippen LogP contribution in [0.15, 0.2) is 0 Å². The largest absolute Gasteiger partial charge is 0.467 e. The highest BCUT2D eigenvalue weighted by molar-refractivity contribution is 7.81. The average molecular weight is 275 g/mol. The van der Waals surface area contributed by atoms with Gasteiger partial charge in [0.25, 0.3) is 0 Å². The summed E-state index contributed by atoms with van der Waals surface area (Å²) in [6.07, 6.45) is 0.125. The van der Waals surface area contributed by atoms with E-state index in [9.17, 15) is 9.59 Å². The standard InChI is InChI=1S/C12H21NO4S/c1-11(2,3)17-10(15)13-7-6-8(18)12(13,4)9(14)16-5/h8,18H,6-7H2,1-5H3/t8?,12-/m0/s1. The maximum atomic E-state index is 12.1. The second-order valence-corrected chi connectivity index (χ2v) is 6.20. The van der Waals surface area contributed by atoms with Crippen molar-refractivity contribution in [1.82, 2.24) is 4.90 Å². The highest BCUT2D eigenvalue weighted by atomic mass is 32.1. The predicted octanol–water partition coefficient (Wildman–Crippen LogP) is 1.86. The predicted molar refractivity (Wildman–Crippen MR) is 70.8 cm³/mol. The quantitative estimate of drug-likeness (QED) is 0.586. The minimum absolute atomic E-state index is 0.252. The first-order chi connectivity index (χ1) is 8.13. The number of rotatable bonds is 1. The molecule has 0 aliphatic carbocycles. The number of carbonyl (C=O) groups excluding carboxylic acids is 2. The van der Waals surface area contributed by atoms with Gasteiger partial charge in [0.15, 0.2) is 5.54 Å². The van der Waals surface area contributed by atoms with Crippen LogP contribution in [0.1, 0.15) is 34.1 Å². The molecular weight excluding hydrogens is 254 g/mol. The summed E-state index contributed by atoms with van der Waals surface area (Å²) in [5.41, 5.74) is -1.66. The number of thiol groups is 1. The Labute approximate surface area is 113 Å². The van der Waals surface area contributed by atoms with E-state index in [-0.39, 0.29) is 5.25 Å². The smallest absolute Gasteiger partial charge is 0.411 e. The molecule has 0 aromatic carbocycles. The first kappa shape index (κ1) is 15.1.